The molecular formula is C35H45N4O2+. The zero-order valence-electron chi connectivity index (χ0n) is 25.3. The Bertz CT molecular complexity index is 1260. The Balaban J connectivity index is 1.46. The van der Waals surface area contributed by atoms with Crippen LogP contribution in [0.5, 0.6) is 0 Å². The minimum Gasteiger partial charge on any atom is -0.446 e. The van der Waals surface area contributed by atoms with Crippen LogP contribution in [0, 0.1) is 0 Å². The molecule has 41 heavy (non-hydrogen) atoms. The number of likely N-dealkylation sites (N-methyl/N-ethyl adjacent to an activating group) is 1. The van der Waals surface area contributed by atoms with Crippen LogP contribution in [0.1, 0.15) is 43.2 Å². The number of alkyl carbamates (subject to hydrolysis) is 1. The summed E-state index contributed by atoms with van der Waals surface area (Å²) in [5, 5.41) is 2.93. The number of hydrogen-bond acceptors (Lipinski definition) is 4. The average molecular weight is 554 g/mol. The number of nitrogens with zero attached hydrogens (tertiary/aromatic N) is 3. The lowest BCUT2D eigenvalue weighted by atomic mass is 9.90. The third-order valence-electron chi connectivity index (χ3n) is 7.65. The molecule has 0 heterocycles. The van der Waals surface area contributed by atoms with Gasteiger partial charge in [0.1, 0.15) is 13.2 Å². The van der Waals surface area contributed by atoms with Gasteiger partial charge in [0.2, 0.25) is 0 Å². The Kier molecular flexibility index (Phi) is 10.6. The first-order valence-electron chi connectivity index (χ1n) is 14.7. The molecule has 0 bridgehead atoms. The predicted octanol–water partition coefficient (Wildman–Crippen LogP) is 6.44. The lowest BCUT2D eigenvalue weighted by Crippen LogP contribution is -2.34. The molecule has 0 saturated carbocycles. The van der Waals surface area contributed by atoms with E-state index in [9.17, 15) is 4.79 Å². The summed E-state index contributed by atoms with van der Waals surface area (Å²) < 4.78 is 7.83. The fourth-order valence-corrected chi connectivity index (χ4v) is 5.13. The highest BCUT2D eigenvalue weighted by atomic mass is 16.6. The second kappa shape index (κ2) is 14.5. The molecule has 4 rings (SSSR count). The van der Waals surface area contributed by atoms with Crippen molar-refractivity contribution in [2.75, 3.05) is 58.1 Å². The number of allylic oxidation sites excluding steroid dienone is 7. The smallest absolute Gasteiger partial charge is 0.407 e. The summed E-state index contributed by atoms with van der Waals surface area (Å²) in [5.41, 5.74) is 8.16. The van der Waals surface area contributed by atoms with Crippen LogP contribution in [-0.4, -0.2) is 70.8 Å². The van der Waals surface area contributed by atoms with Gasteiger partial charge in [-0.1, -0.05) is 36.4 Å². The normalized spacial score (nSPS) is 17.3. The highest BCUT2D eigenvalue weighted by molar-refractivity contribution is 6.04. The van der Waals surface area contributed by atoms with E-state index in [1.165, 1.54) is 28.1 Å². The lowest BCUT2D eigenvalue weighted by molar-refractivity contribution is -0.493. The zero-order chi connectivity index (χ0) is 29.2. The standard InChI is InChI=1S/C35H44N4O2/c1-37(2)30-19-13-27(14-20-30)34(28-15-21-31(22-16-28)38(3)4)29-17-23-32(24-18-29)39(5)26-25-36-35(40)41-33-11-9-7-6-8-10-12-33/h6-7,13-24,33H,8-12,25-26H2,1-5H3/p+1/b7-6+. The molecule has 216 valence electrons. The second-order valence-electron chi connectivity index (χ2n) is 11.2. The number of carbonyl (C=O) groups is 1. The summed E-state index contributed by atoms with van der Waals surface area (Å²) in [7, 11) is 10.3. The van der Waals surface area contributed by atoms with Crippen molar-refractivity contribution < 1.29 is 14.1 Å². The summed E-state index contributed by atoms with van der Waals surface area (Å²) in [5.74, 6) is 0. The zero-order valence-corrected chi connectivity index (χ0v) is 25.3. The number of amides is 1. The van der Waals surface area contributed by atoms with Crippen molar-refractivity contribution in [3.8, 4) is 0 Å². The van der Waals surface area contributed by atoms with E-state index in [0.717, 1.165) is 43.4 Å². The maximum atomic E-state index is 12.4. The van der Waals surface area contributed by atoms with Crippen LogP contribution >= 0.6 is 0 Å². The van der Waals surface area contributed by atoms with Crippen LogP contribution in [0.2, 0.25) is 0 Å². The molecule has 6 heteroatoms. The molecule has 0 aromatic heterocycles. The van der Waals surface area contributed by atoms with Gasteiger partial charge in [-0.15, -0.1) is 0 Å². The summed E-state index contributed by atoms with van der Waals surface area (Å²) in [6.45, 7) is 1.22. The van der Waals surface area contributed by atoms with Crippen molar-refractivity contribution in [1.29, 1.82) is 0 Å². The molecule has 0 aliphatic heterocycles. The lowest BCUT2D eigenvalue weighted by Gasteiger charge is -2.18. The molecule has 2 aromatic rings. The van der Waals surface area contributed by atoms with Crippen molar-refractivity contribution >= 4 is 28.8 Å². The molecule has 0 fully saturated rings. The molecule has 1 atom stereocenters. The highest BCUT2D eigenvalue weighted by Crippen LogP contribution is 2.31. The van der Waals surface area contributed by atoms with E-state index in [1.807, 2.05) is 7.05 Å². The molecule has 0 radical (unpaired) electrons. The van der Waals surface area contributed by atoms with Crippen LogP contribution in [0.15, 0.2) is 90.6 Å². The van der Waals surface area contributed by atoms with Crippen molar-refractivity contribution in [2.24, 2.45) is 0 Å². The minimum absolute atomic E-state index is 0.00819. The Labute approximate surface area is 246 Å². The van der Waals surface area contributed by atoms with E-state index in [0.29, 0.717) is 13.1 Å². The fraction of sp³-hybridized carbons (Fsp3) is 0.371. The first-order chi connectivity index (χ1) is 19.8. The molecule has 2 aliphatic rings. The molecule has 2 aromatic carbocycles. The van der Waals surface area contributed by atoms with Crippen molar-refractivity contribution in [1.82, 2.24) is 5.32 Å². The van der Waals surface area contributed by atoms with Gasteiger partial charge in [0.25, 0.3) is 0 Å². The van der Waals surface area contributed by atoms with Crippen molar-refractivity contribution in [3.05, 3.63) is 102 Å². The van der Waals surface area contributed by atoms with Crippen LogP contribution in [0.3, 0.4) is 0 Å². The number of hydrogen-bond donors (Lipinski definition) is 1. The van der Waals surface area contributed by atoms with Gasteiger partial charge < -0.3 is 19.9 Å². The number of nitrogens with one attached hydrogen (secondary N) is 1. The summed E-state index contributed by atoms with van der Waals surface area (Å²) in [6.07, 6.45) is 17.7. The van der Waals surface area contributed by atoms with Gasteiger partial charge >= 0.3 is 6.09 Å². The third-order valence-corrected chi connectivity index (χ3v) is 7.65. The predicted molar refractivity (Wildman–Crippen MR) is 172 cm³/mol. The molecule has 6 nitrogen and oxygen atoms in total. The van der Waals surface area contributed by atoms with Gasteiger partial charge in [-0.2, -0.15) is 0 Å². The third kappa shape index (κ3) is 8.46. The summed E-state index contributed by atoms with van der Waals surface area (Å²) >= 11 is 0. The quantitative estimate of drug-likeness (QED) is 0.302. The van der Waals surface area contributed by atoms with Crippen LogP contribution in [0.25, 0.3) is 5.57 Å². The summed E-state index contributed by atoms with van der Waals surface area (Å²) in [6, 6.07) is 17.4. The first kappa shape index (κ1) is 29.9. The molecule has 2 aliphatic carbocycles. The van der Waals surface area contributed by atoms with Crippen molar-refractivity contribution in [3.63, 3.8) is 0 Å². The second-order valence-corrected chi connectivity index (χ2v) is 11.2. The van der Waals surface area contributed by atoms with E-state index in [4.69, 9.17) is 4.74 Å². The van der Waals surface area contributed by atoms with Gasteiger partial charge in [0.15, 0.2) is 12.3 Å². The Morgan fingerprint density at radius 3 is 1.95 bits per heavy atom. The topological polar surface area (TPSA) is 47.8 Å². The van der Waals surface area contributed by atoms with Crippen LogP contribution in [-0.2, 0) is 4.74 Å². The van der Waals surface area contributed by atoms with Gasteiger partial charge in [0.05, 0.1) is 6.54 Å². The average Bonchev–Trinajstić information content (AvgIpc) is 2.95. The fourth-order valence-electron chi connectivity index (χ4n) is 5.13. The molecule has 1 unspecified atom stereocenters. The van der Waals surface area contributed by atoms with Gasteiger partial charge in [-0.25, -0.2) is 9.37 Å². The molecule has 1 N–H and O–H groups in total. The SMILES string of the molecule is CN(C)c1ccc(C(=C2C=CC(=[N+](C)CCNC(=O)OC3CC/C=C/CCC3)C=C2)c2ccc(N(C)C)cc2)cc1. The van der Waals surface area contributed by atoms with E-state index >= 15 is 0 Å². The van der Waals surface area contributed by atoms with E-state index in [2.05, 4.69) is 133 Å². The molecule has 0 spiro atoms. The van der Waals surface area contributed by atoms with E-state index < -0.39 is 0 Å². The van der Waals surface area contributed by atoms with E-state index in [-0.39, 0.29) is 12.2 Å². The number of ether oxygens (including phenoxy) is 1. The number of benzene rings is 2. The van der Waals surface area contributed by atoms with E-state index in [1.54, 1.807) is 0 Å². The van der Waals surface area contributed by atoms with Crippen LogP contribution < -0.4 is 15.1 Å². The highest BCUT2D eigenvalue weighted by Gasteiger charge is 2.17. The summed E-state index contributed by atoms with van der Waals surface area (Å²) in [4.78, 5) is 16.6. The molecular weight excluding hydrogens is 508 g/mol. The number of anilines is 2. The number of carbonyl (C=O) groups excluding carboxylic acids is 1. The molecule has 1 amide bonds. The monoisotopic (exact) mass is 553 g/mol. The maximum absolute atomic E-state index is 12.4. The Hall–Kier alpha value is -4.06. The Morgan fingerprint density at radius 2 is 1.39 bits per heavy atom. The Morgan fingerprint density at radius 1 is 0.829 bits per heavy atom. The minimum atomic E-state index is -0.317. The molecule has 0 saturated heterocycles. The van der Waals surface area contributed by atoms with Crippen molar-refractivity contribution in [2.45, 2.75) is 38.2 Å². The largest absolute Gasteiger partial charge is 0.446 e. The maximum Gasteiger partial charge on any atom is 0.407 e. The van der Waals surface area contributed by atoms with Gasteiger partial charge in [-0.3, -0.25) is 0 Å². The van der Waals surface area contributed by atoms with Gasteiger partial charge in [-0.05, 0) is 90.8 Å². The number of rotatable bonds is 8. The first-order valence-corrected chi connectivity index (χ1v) is 14.7. The van der Waals surface area contributed by atoms with Gasteiger partial charge in [0, 0.05) is 51.7 Å². The van der Waals surface area contributed by atoms with Crippen LogP contribution in [0.4, 0.5) is 16.2 Å².